The van der Waals surface area contributed by atoms with Gasteiger partial charge in [0.1, 0.15) is 0 Å². The van der Waals surface area contributed by atoms with Crippen LogP contribution < -0.4 is 0 Å². The first-order chi connectivity index (χ1) is 20.6. The lowest BCUT2D eigenvalue weighted by molar-refractivity contribution is -0.199. The summed E-state index contributed by atoms with van der Waals surface area (Å²) in [7, 11) is -3.60. The van der Waals surface area contributed by atoms with Gasteiger partial charge in [-0.2, -0.15) is 0 Å². The van der Waals surface area contributed by atoms with Crippen molar-refractivity contribution < 1.29 is 22.8 Å². The van der Waals surface area contributed by atoms with Gasteiger partial charge in [0.05, 0.1) is 19.1 Å². The summed E-state index contributed by atoms with van der Waals surface area (Å²) in [4.78, 5) is 12.1. The Morgan fingerprint density at radius 3 is 1.98 bits per heavy atom. The van der Waals surface area contributed by atoms with E-state index in [2.05, 4.69) is 79.7 Å². The molecule has 4 aliphatic rings. The van der Waals surface area contributed by atoms with Gasteiger partial charge >= 0.3 is 5.97 Å². The zero-order valence-corrected chi connectivity index (χ0v) is 34.9. The van der Waals surface area contributed by atoms with Crippen LogP contribution in [0.25, 0.3) is 0 Å². The molecule has 0 radical (unpaired) electrons. The summed E-state index contributed by atoms with van der Waals surface area (Å²) >= 11 is 0. The summed E-state index contributed by atoms with van der Waals surface area (Å²) in [6.45, 7) is 31.3. The molecule has 45 heavy (non-hydrogen) atoms. The zero-order valence-electron chi connectivity index (χ0n) is 31.9. The predicted molar refractivity (Wildman–Crippen MR) is 195 cm³/mol. The quantitative estimate of drug-likeness (QED) is 0.152. The summed E-state index contributed by atoms with van der Waals surface area (Å²) in [5.74, 6) is 3.76. The maximum Gasteiger partial charge on any atom is 0.308 e. The Hall–Kier alpha value is 0.000649. The molecule has 0 aromatic heterocycles. The molecule has 0 bridgehead atoms. The highest BCUT2D eigenvalue weighted by atomic mass is 28.4. The molecule has 0 aromatic rings. The number of carbonyl (C=O) groups is 1. The lowest BCUT2D eigenvalue weighted by Gasteiger charge is -2.66. The van der Waals surface area contributed by atoms with E-state index >= 15 is 0 Å². The van der Waals surface area contributed by atoms with Crippen LogP contribution in [0.5, 0.6) is 0 Å². The maximum absolute atomic E-state index is 12.1. The standard InChI is InChI=1S/C37H72O5Si3/c1-25(16-15-17-26(2)35(38)39-5)29-18-19-30-34-31(24-33(37(29,30)4)42-45(12,13)14)36(3)21-20-28(40-43(6,7)8)22-27(36)23-32(34)41-44(9,10)11/h25-34H,15-24H2,1-14H3/t25?,26?,27-,28-,29-,30?,31?,32-,33+,34?,36+,37-/m1/s1. The van der Waals surface area contributed by atoms with Crippen LogP contribution >= 0.6 is 0 Å². The average Bonchev–Trinajstić information content (AvgIpc) is 3.25. The van der Waals surface area contributed by atoms with E-state index in [1.54, 1.807) is 0 Å². The number of fused-ring (bicyclic) bond motifs is 5. The molecule has 12 atom stereocenters. The Labute approximate surface area is 281 Å². The molecule has 4 aliphatic carbocycles. The number of esters is 1. The van der Waals surface area contributed by atoms with Gasteiger partial charge in [-0.15, -0.1) is 0 Å². The second kappa shape index (κ2) is 13.7. The van der Waals surface area contributed by atoms with Crippen molar-refractivity contribution in [3.05, 3.63) is 0 Å². The molecule has 0 saturated heterocycles. The van der Waals surface area contributed by atoms with Gasteiger partial charge in [-0.05, 0) is 157 Å². The molecule has 0 amide bonds. The molecule has 262 valence electrons. The van der Waals surface area contributed by atoms with Gasteiger partial charge in [-0.25, -0.2) is 0 Å². The van der Waals surface area contributed by atoms with Crippen molar-refractivity contribution in [2.75, 3.05) is 7.11 Å². The van der Waals surface area contributed by atoms with E-state index < -0.39 is 25.0 Å². The molecule has 4 saturated carbocycles. The third-order valence-electron chi connectivity index (χ3n) is 12.9. The average molecular weight is 681 g/mol. The van der Waals surface area contributed by atoms with Gasteiger partial charge in [-0.3, -0.25) is 4.79 Å². The van der Waals surface area contributed by atoms with Crippen LogP contribution in [-0.2, 0) is 22.8 Å². The van der Waals surface area contributed by atoms with Crippen LogP contribution in [0.4, 0.5) is 0 Å². The largest absolute Gasteiger partial charge is 0.469 e. The van der Waals surface area contributed by atoms with Gasteiger partial charge < -0.3 is 18.0 Å². The minimum absolute atomic E-state index is 0.0193. The minimum Gasteiger partial charge on any atom is -0.469 e. The first kappa shape index (κ1) is 37.8. The van der Waals surface area contributed by atoms with Crippen LogP contribution in [0, 0.1) is 52.3 Å². The van der Waals surface area contributed by atoms with E-state index in [9.17, 15) is 4.79 Å². The number of carbonyl (C=O) groups excluding carboxylic acids is 1. The van der Waals surface area contributed by atoms with Gasteiger partial charge in [-0.1, -0.05) is 40.5 Å². The van der Waals surface area contributed by atoms with Crippen molar-refractivity contribution in [1.29, 1.82) is 0 Å². The lowest BCUT2D eigenvalue weighted by Crippen LogP contribution is -2.64. The van der Waals surface area contributed by atoms with Gasteiger partial charge in [0.15, 0.2) is 25.0 Å². The Bertz CT molecular complexity index is 1020. The SMILES string of the molecule is COC(=O)C(C)CCCC(C)[C@H]1CCC2C3C(C[C@H](O[Si](C)(C)C)[C@@]21C)[C@@]1(C)CC[C@@H](O[Si](C)(C)C)C[C@@H]1C[C@H]3O[Si](C)(C)C. The fourth-order valence-electron chi connectivity index (χ4n) is 11.1. The number of ether oxygens (including phenoxy) is 1. The van der Waals surface area contributed by atoms with E-state index in [-0.39, 0.29) is 17.3 Å². The fourth-order valence-corrected chi connectivity index (χ4v) is 14.7. The summed E-state index contributed by atoms with van der Waals surface area (Å²) in [5.41, 5.74) is 0.497. The smallest absolute Gasteiger partial charge is 0.308 e. The fraction of sp³-hybridized carbons (Fsp3) is 0.973. The van der Waals surface area contributed by atoms with Crippen LogP contribution in [-0.4, -0.2) is 56.3 Å². The Morgan fingerprint density at radius 2 is 1.40 bits per heavy atom. The third kappa shape index (κ3) is 8.42. The van der Waals surface area contributed by atoms with E-state index in [0.29, 0.717) is 59.2 Å². The van der Waals surface area contributed by atoms with Gasteiger partial charge in [0.25, 0.3) is 0 Å². The first-order valence-electron chi connectivity index (χ1n) is 18.7. The van der Waals surface area contributed by atoms with E-state index in [0.717, 1.165) is 12.8 Å². The topological polar surface area (TPSA) is 54.0 Å². The van der Waals surface area contributed by atoms with Crippen LogP contribution in [0.15, 0.2) is 0 Å². The Morgan fingerprint density at radius 1 is 0.778 bits per heavy atom. The van der Waals surface area contributed by atoms with Crippen molar-refractivity contribution in [2.24, 2.45) is 52.3 Å². The summed E-state index contributed by atoms with van der Waals surface area (Å²) in [5, 5.41) is 0. The van der Waals surface area contributed by atoms with Crippen molar-refractivity contribution in [3.8, 4) is 0 Å². The molecular weight excluding hydrogens is 609 g/mol. The number of hydrogen-bond acceptors (Lipinski definition) is 5. The molecule has 5 nitrogen and oxygen atoms in total. The maximum atomic E-state index is 12.1. The molecule has 0 spiro atoms. The van der Waals surface area contributed by atoms with E-state index in [4.69, 9.17) is 18.0 Å². The highest BCUT2D eigenvalue weighted by Gasteiger charge is 2.67. The minimum atomic E-state index is -1.78. The molecule has 4 fully saturated rings. The Balaban J connectivity index is 1.67. The normalized spacial score (nSPS) is 40.2. The predicted octanol–water partition coefficient (Wildman–Crippen LogP) is 10.1. The lowest BCUT2D eigenvalue weighted by atomic mass is 9.43. The summed E-state index contributed by atoms with van der Waals surface area (Å²) < 4.78 is 26.5. The molecule has 8 heteroatoms. The van der Waals surface area contributed by atoms with E-state index in [1.807, 2.05) is 6.92 Å². The highest BCUT2D eigenvalue weighted by molar-refractivity contribution is 6.70. The molecule has 0 heterocycles. The summed E-state index contributed by atoms with van der Waals surface area (Å²) in [6, 6.07) is 0. The third-order valence-corrected chi connectivity index (χ3v) is 15.9. The molecule has 4 rings (SSSR count). The van der Waals surface area contributed by atoms with Crippen LogP contribution in [0.1, 0.15) is 91.9 Å². The van der Waals surface area contributed by atoms with Crippen LogP contribution in [0.3, 0.4) is 0 Å². The van der Waals surface area contributed by atoms with Crippen molar-refractivity contribution in [1.82, 2.24) is 0 Å². The number of rotatable bonds is 12. The van der Waals surface area contributed by atoms with Gasteiger partial charge in [0.2, 0.25) is 0 Å². The molecule has 0 N–H and O–H groups in total. The summed E-state index contributed by atoms with van der Waals surface area (Å²) in [6.07, 6.45) is 13.0. The van der Waals surface area contributed by atoms with E-state index in [1.165, 1.54) is 58.5 Å². The molecular formula is C37H72O5Si3. The first-order valence-corrected chi connectivity index (χ1v) is 28.9. The Kier molecular flexibility index (Phi) is 11.5. The zero-order chi connectivity index (χ0) is 33.8. The number of methoxy groups -OCH3 is 1. The monoisotopic (exact) mass is 680 g/mol. The molecule has 0 aliphatic heterocycles. The second-order valence-corrected chi connectivity index (χ2v) is 32.8. The van der Waals surface area contributed by atoms with Crippen molar-refractivity contribution >= 4 is 30.9 Å². The number of hydrogen-bond donors (Lipinski definition) is 0. The van der Waals surface area contributed by atoms with Crippen molar-refractivity contribution in [3.63, 3.8) is 0 Å². The highest BCUT2D eigenvalue weighted by Crippen LogP contribution is 2.69. The van der Waals surface area contributed by atoms with Gasteiger partial charge in [0, 0.05) is 12.2 Å². The van der Waals surface area contributed by atoms with Crippen LogP contribution in [0.2, 0.25) is 58.9 Å². The van der Waals surface area contributed by atoms with Crippen molar-refractivity contribution in [2.45, 2.75) is 169 Å². The molecule has 0 aromatic carbocycles. The second-order valence-electron chi connectivity index (χ2n) is 19.5. The molecule has 5 unspecified atom stereocenters.